The lowest BCUT2D eigenvalue weighted by Gasteiger charge is -2.56. The first-order valence-corrected chi connectivity index (χ1v) is 10.8. The molecule has 5 rings (SSSR count). The fourth-order valence-corrected chi connectivity index (χ4v) is 8.25. The fraction of sp³-hybridized carbons (Fsp3) is 0.955. The van der Waals surface area contributed by atoms with E-state index >= 15 is 0 Å². The van der Waals surface area contributed by atoms with Crippen molar-refractivity contribution in [2.75, 3.05) is 13.2 Å². The Labute approximate surface area is 152 Å². The minimum atomic E-state index is -0.342. The van der Waals surface area contributed by atoms with Crippen molar-refractivity contribution in [1.82, 2.24) is 0 Å². The number of hydrogen-bond donors (Lipinski definition) is 0. The normalized spacial score (nSPS) is 51.7. The molecule has 0 radical (unpaired) electrons. The molecular formula is C22H34O3. The van der Waals surface area contributed by atoms with Crippen LogP contribution < -0.4 is 0 Å². The second-order valence-electron chi connectivity index (χ2n) is 10.1. The summed E-state index contributed by atoms with van der Waals surface area (Å²) in [5.74, 6) is 4.93. The highest BCUT2D eigenvalue weighted by Crippen LogP contribution is 2.66. The van der Waals surface area contributed by atoms with Crippen LogP contribution in [0, 0.1) is 40.9 Å². The van der Waals surface area contributed by atoms with Crippen molar-refractivity contribution in [2.45, 2.75) is 77.4 Å². The lowest BCUT2D eigenvalue weighted by molar-refractivity contribution is -0.215. The summed E-state index contributed by atoms with van der Waals surface area (Å²) in [6, 6.07) is 0. The van der Waals surface area contributed by atoms with E-state index in [1.165, 1.54) is 44.9 Å². The van der Waals surface area contributed by atoms with Crippen molar-refractivity contribution < 1.29 is 14.3 Å². The number of Topliss-reactive ketones (excluding diaryl/α,β-unsaturated/α-hetero) is 1. The zero-order chi connectivity index (χ0) is 17.2. The van der Waals surface area contributed by atoms with Crippen molar-refractivity contribution in [1.29, 1.82) is 0 Å². The second kappa shape index (κ2) is 5.79. The Hall–Kier alpha value is -0.410. The summed E-state index contributed by atoms with van der Waals surface area (Å²) in [7, 11) is 0. The molecule has 140 valence electrons. The molecule has 4 aliphatic carbocycles. The fourth-order valence-electron chi connectivity index (χ4n) is 8.25. The Kier molecular flexibility index (Phi) is 3.88. The van der Waals surface area contributed by atoms with Gasteiger partial charge in [0.05, 0.1) is 13.2 Å². The maximum Gasteiger partial charge on any atom is 0.169 e. The molecule has 0 N–H and O–H groups in total. The van der Waals surface area contributed by atoms with Gasteiger partial charge in [0, 0.05) is 18.8 Å². The Balaban J connectivity index is 1.39. The van der Waals surface area contributed by atoms with Gasteiger partial charge in [0.15, 0.2) is 5.79 Å². The first-order chi connectivity index (χ1) is 12.0. The van der Waals surface area contributed by atoms with E-state index in [1.807, 2.05) is 0 Å². The standard InChI is InChI=1S/C22H34O3/c1-21-10-9-17-16-6-4-15(23)13-14(16)3-5-18(17)19(21)7-8-20(21)22(2)24-11-12-25-22/h14,16-20H,3-13H2,1-2H3/t14?,16-,17?,18?,19?,20-,21-/m0/s1. The predicted molar refractivity (Wildman–Crippen MR) is 95.9 cm³/mol. The lowest BCUT2D eigenvalue weighted by Crippen LogP contribution is -2.52. The van der Waals surface area contributed by atoms with Gasteiger partial charge in [-0.15, -0.1) is 0 Å². The molecule has 0 amide bonds. The molecule has 5 aliphatic rings. The van der Waals surface area contributed by atoms with E-state index in [9.17, 15) is 4.79 Å². The second-order valence-corrected chi connectivity index (χ2v) is 10.1. The van der Waals surface area contributed by atoms with Crippen LogP contribution >= 0.6 is 0 Å². The molecule has 0 aromatic rings. The third-order valence-electron chi connectivity index (χ3n) is 9.26. The molecule has 0 bridgehead atoms. The highest BCUT2D eigenvalue weighted by molar-refractivity contribution is 5.79. The number of carbonyl (C=O) groups excluding carboxylic acids is 1. The third kappa shape index (κ3) is 2.41. The molecule has 7 atom stereocenters. The summed E-state index contributed by atoms with van der Waals surface area (Å²) < 4.78 is 12.2. The molecule has 0 spiro atoms. The van der Waals surface area contributed by atoms with Gasteiger partial charge in [-0.25, -0.2) is 0 Å². The summed E-state index contributed by atoms with van der Waals surface area (Å²) >= 11 is 0. The maximum absolute atomic E-state index is 11.9. The van der Waals surface area contributed by atoms with E-state index in [4.69, 9.17) is 9.47 Å². The van der Waals surface area contributed by atoms with Crippen LogP contribution in [0.15, 0.2) is 0 Å². The molecule has 4 unspecified atom stereocenters. The van der Waals surface area contributed by atoms with E-state index < -0.39 is 0 Å². The molecule has 0 aromatic carbocycles. The summed E-state index contributed by atoms with van der Waals surface area (Å²) in [5.41, 5.74) is 0.386. The number of hydrogen-bond acceptors (Lipinski definition) is 3. The summed E-state index contributed by atoms with van der Waals surface area (Å²) in [5, 5.41) is 0. The Morgan fingerprint density at radius 3 is 2.48 bits per heavy atom. The van der Waals surface area contributed by atoms with Gasteiger partial charge in [0.25, 0.3) is 0 Å². The monoisotopic (exact) mass is 346 g/mol. The minimum absolute atomic E-state index is 0.342. The van der Waals surface area contributed by atoms with Crippen molar-refractivity contribution >= 4 is 5.78 Å². The van der Waals surface area contributed by atoms with Gasteiger partial charge < -0.3 is 9.47 Å². The van der Waals surface area contributed by atoms with Gasteiger partial charge in [-0.2, -0.15) is 0 Å². The van der Waals surface area contributed by atoms with E-state index in [-0.39, 0.29) is 5.79 Å². The molecule has 5 fully saturated rings. The van der Waals surface area contributed by atoms with Crippen LogP contribution in [0.3, 0.4) is 0 Å². The number of rotatable bonds is 1. The van der Waals surface area contributed by atoms with Gasteiger partial charge >= 0.3 is 0 Å². The highest BCUT2D eigenvalue weighted by Gasteiger charge is 2.61. The first kappa shape index (κ1) is 16.7. The van der Waals surface area contributed by atoms with E-state index in [2.05, 4.69) is 13.8 Å². The zero-order valence-corrected chi connectivity index (χ0v) is 16.0. The SMILES string of the molecule is CC1([C@H]2CCC3C4CCC5CC(=O)CC[C@@H]5C4CC[C@@]32C)OCCO1. The Bertz CT molecular complexity index is 551. The van der Waals surface area contributed by atoms with Crippen molar-refractivity contribution in [2.24, 2.45) is 40.9 Å². The molecule has 1 aliphatic heterocycles. The van der Waals surface area contributed by atoms with Crippen LogP contribution in [0.5, 0.6) is 0 Å². The molecule has 3 heteroatoms. The molecule has 3 nitrogen and oxygen atoms in total. The maximum atomic E-state index is 11.9. The number of ether oxygens (including phenoxy) is 2. The van der Waals surface area contributed by atoms with Gasteiger partial charge in [-0.1, -0.05) is 6.92 Å². The average molecular weight is 347 g/mol. The smallest absolute Gasteiger partial charge is 0.169 e. The van der Waals surface area contributed by atoms with Crippen LogP contribution in [0.1, 0.15) is 71.6 Å². The van der Waals surface area contributed by atoms with E-state index in [0.717, 1.165) is 49.7 Å². The minimum Gasteiger partial charge on any atom is -0.348 e. The zero-order valence-electron chi connectivity index (χ0n) is 16.0. The Morgan fingerprint density at radius 2 is 1.68 bits per heavy atom. The van der Waals surface area contributed by atoms with Crippen molar-refractivity contribution in [3.63, 3.8) is 0 Å². The van der Waals surface area contributed by atoms with Crippen molar-refractivity contribution in [3.05, 3.63) is 0 Å². The van der Waals surface area contributed by atoms with Gasteiger partial charge in [-0.05, 0) is 86.9 Å². The van der Waals surface area contributed by atoms with Gasteiger partial charge in [0.1, 0.15) is 5.78 Å². The van der Waals surface area contributed by atoms with Gasteiger partial charge in [0.2, 0.25) is 0 Å². The number of carbonyl (C=O) groups is 1. The molecule has 1 saturated heterocycles. The van der Waals surface area contributed by atoms with Crippen LogP contribution in [0.25, 0.3) is 0 Å². The summed E-state index contributed by atoms with van der Waals surface area (Å²) in [6.45, 7) is 6.28. The topological polar surface area (TPSA) is 35.5 Å². The Morgan fingerprint density at radius 1 is 0.880 bits per heavy atom. The average Bonchev–Trinajstić information content (AvgIpc) is 3.18. The van der Waals surface area contributed by atoms with Crippen molar-refractivity contribution in [3.8, 4) is 0 Å². The molecule has 0 aromatic heterocycles. The molecule has 1 heterocycles. The predicted octanol–water partition coefficient (Wildman–Crippen LogP) is 4.59. The van der Waals surface area contributed by atoms with Crippen LogP contribution in [-0.4, -0.2) is 24.8 Å². The van der Waals surface area contributed by atoms with Crippen LogP contribution in [0.2, 0.25) is 0 Å². The molecule has 4 saturated carbocycles. The van der Waals surface area contributed by atoms with E-state index in [0.29, 0.717) is 23.0 Å². The highest BCUT2D eigenvalue weighted by atomic mass is 16.7. The van der Waals surface area contributed by atoms with Crippen LogP contribution in [0.4, 0.5) is 0 Å². The molecule has 25 heavy (non-hydrogen) atoms. The largest absolute Gasteiger partial charge is 0.348 e. The number of ketones is 1. The summed E-state index contributed by atoms with van der Waals surface area (Å²) in [4.78, 5) is 11.9. The number of fused-ring (bicyclic) bond motifs is 5. The van der Waals surface area contributed by atoms with Crippen LogP contribution in [-0.2, 0) is 14.3 Å². The first-order valence-electron chi connectivity index (χ1n) is 10.8. The molecular weight excluding hydrogens is 312 g/mol. The quantitative estimate of drug-likeness (QED) is 0.697. The van der Waals surface area contributed by atoms with E-state index in [1.54, 1.807) is 0 Å². The third-order valence-corrected chi connectivity index (χ3v) is 9.26. The van der Waals surface area contributed by atoms with Gasteiger partial charge in [-0.3, -0.25) is 4.79 Å². The summed E-state index contributed by atoms with van der Waals surface area (Å²) in [6.07, 6.45) is 10.9. The lowest BCUT2D eigenvalue weighted by atomic mass is 9.49.